The van der Waals surface area contributed by atoms with Crippen LogP contribution in [0.1, 0.15) is 42.3 Å². The molecule has 0 spiro atoms. The van der Waals surface area contributed by atoms with E-state index >= 15 is 0 Å². The minimum absolute atomic E-state index is 0.0954. The molecule has 0 atom stereocenters. The molecule has 0 fully saturated rings. The second-order valence-corrected chi connectivity index (χ2v) is 7.68. The molecular weight excluding hydrogens is 362 g/mol. The first-order valence-electron chi connectivity index (χ1n) is 9.83. The SMILES string of the molecule is CCn1ccc2c(/C=C/C(=O)c3ccc(OC)c4c3OC(C)(C)C=C4)cccc21. The summed E-state index contributed by atoms with van der Waals surface area (Å²) in [6.07, 6.45) is 9.51. The number of nitrogens with zero attached hydrogens (tertiary/aromatic N) is 1. The number of benzene rings is 2. The number of ketones is 1. The highest BCUT2D eigenvalue weighted by atomic mass is 16.5. The van der Waals surface area contributed by atoms with E-state index in [9.17, 15) is 4.79 Å². The highest BCUT2D eigenvalue weighted by Gasteiger charge is 2.27. The van der Waals surface area contributed by atoms with Gasteiger partial charge in [0.05, 0.1) is 18.2 Å². The second kappa shape index (κ2) is 7.28. The van der Waals surface area contributed by atoms with Crippen molar-refractivity contribution < 1.29 is 14.3 Å². The largest absolute Gasteiger partial charge is 0.496 e. The number of rotatable bonds is 5. The molecule has 0 saturated heterocycles. The highest BCUT2D eigenvalue weighted by Crippen LogP contribution is 2.40. The molecule has 0 aliphatic carbocycles. The number of hydrogen-bond acceptors (Lipinski definition) is 3. The molecule has 2 heterocycles. The standard InChI is InChI=1S/C25H25NO3/c1-5-26-16-14-18-17(7-6-8-21(18)26)9-11-22(27)19-10-12-23(28-4)20-13-15-25(2,3)29-24(19)20/h6-16H,5H2,1-4H3/b11-9+. The molecule has 0 bridgehead atoms. The van der Waals surface area contributed by atoms with Crippen LogP contribution in [0.3, 0.4) is 0 Å². The van der Waals surface area contributed by atoms with Crippen molar-refractivity contribution in [2.24, 2.45) is 0 Å². The maximum absolute atomic E-state index is 13.1. The summed E-state index contributed by atoms with van der Waals surface area (Å²) in [7, 11) is 1.62. The third kappa shape index (κ3) is 3.46. The van der Waals surface area contributed by atoms with Crippen molar-refractivity contribution >= 4 is 28.8 Å². The van der Waals surface area contributed by atoms with Crippen molar-refractivity contribution in [3.63, 3.8) is 0 Å². The van der Waals surface area contributed by atoms with Gasteiger partial charge in [0, 0.05) is 23.6 Å². The summed E-state index contributed by atoms with van der Waals surface area (Å²) in [5, 5.41) is 1.13. The monoisotopic (exact) mass is 387 g/mol. The fraction of sp³-hybridized carbons (Fsp3) is 0.240. The molecule has 0 saturated carbocycles. The minimum atomic E-state index is -0.479. The van der Waals surface area contributed by atoms with E-state index in [1.807, 2.05) is 50.3 Å². The Hall–Kier alpha value is -3.27. The van der Waals surface area contributed by atoms with E-state index in [1.54, 1.807) is 19.3 Å². The number of allylic oxidation sites excluding steroid dienone is 1. The summed E-state index contributed by atoms with van der Waals surface area (Å²) in [5.41, 5.74) is 3.04. The lowest BCUT2D eigenvalue weighted by molar-refractivity contribution is 0.103. The summed E-state index contributed by atoms with van der Waals surface area (Å²) in [6.45, 7) is 6.96. The number of fused-ring (bicyclic) bond motifs is 2. The Kier molecular flexibility index (Phi) is 4.79. The van der Waals surface area contributed by atoms with Crippen LogP contribution in [-0.4, -0.2) is 23.1 Å². The van der Waals surface area contributed by atoms with E-state index < -0.39 is 5.60 Å². The highest BCUT2D eigenvalue weighted by molar-refractivity contribution is 6.10. The number of hydrogen-bond donors (Lipinski definition) is 0. The van der Waals surface area contributed by atoms with E-state index in [0.29, 0.717) is 17.1 Å². The lowest BCUT2D eigenvalue weighted by Gasteiger charge is -2.29. The fourth-order valence-corrected chi connectivity index (χ4v) is 3.73. The number of carbonyl (C=O) groups is 1. The molecule has 1 aliphatic heterocycles. The first-order chi connectivity index (χ1) is 13.9. The molecule has 4 nitrogen and oxygen atoms in total. The van der Waals surface area contributed by atoms with Crippen molar-refractivity contribution in [3.8, 4) is 11.5 Å². The van der Waals surface area contributed by atoms with Crippen molar-refractivity contribution in [3.05, 3.63) is 71.4 Å². The average Bonchev–Trinajstić information content (AvgIpc) is 3.14. The van der Waals surface area contributed by atoms with Crippen LogP contribution in [0.2, 0.25) is 0 Å². The topological polar surface area (TPSA) is 40.5 Å². The Balaban J connectivity index is 1.72. The molecule has 0 radical (unpaired) electrons. The van der Waals surface area contributed by atoms with Gasteiger partial charge in [0.1, 0.15) is 17.1 Å². The Morgan fingerprint density at radius 3 is 2.79 bits per heavy atom. The maximum Gasteiger partial charge on any atom is 0.189 e. The van der Waals surface area contributed by atoms with Gasteiger partial charge in [-0.25, -0.2) is 0 Å². The van der Waals surface area contributed by atoms with Crippen LogP contribution in [0.15, 0.2) is 54.7 Å². The van der Waals surface area contributed by atoms with Crippen molar-refractivity contribution in [2.45, 2.75) is 32.9 Å². The van der Waals surface area contributed by atoms with E-state index in [1.165, 1.54) is 5.52 Å². The summed E-state index contributed by atoms with van der Waals surface area (Å²) in [5.74, 6) is 1.17. The minimum Gasteiger partial charge on any atom is -0.496 e. The third-order valence-electron chi connectivity index (χ3n) is 5.26. The van der Waals surface area contributed by atoms with Gasteiger partial charge in [-0.05, 0) is 68.8 Å². The lowest BCUT2D eigenvalue weighted by Crippen LogP contribution is -2.28. The van der Waals surface area contributed by atoms with Crippen LogP contribution in [0.4, 0.5) is 0 Å². The molecule has 148 valence electrons. The zero-order chi connectivity index (χ0) is 20.6. The van der Waals surface area contributed by atoms with E-state index in [-0.39, 0.29) is 5.78 Å². The van der Waals surface area contributed by atoms with E-state index in [4.69, 9.17) is 9.47 Å². The Morgan fingerprint density at radius 2 is 2.03 bits per heavy atom. The molecule has 0 amide bonds. The van der Waals surface area contributed by atoms with Gasteiger partial charge in [-0.2, -0.15) is 0 Å². The van der Waals surface area contributed by atoms with E-state index in [2.05, 4.69) is 29.8 Å². The number of carbonyl (C=O) groups excluding carboxylic acids is 1. The van der Waals surface area contributed by atoms with Crippen LogP contribution >= 0.6 is 0 Å². The van der Waals surface area contributed by atoms with Crippen molar-refractivity contribution in [2.75, 3.05) is 7.11 Å². The molecular formula is C25H25NO3. The van der Waals surface area contributed by atoms with Gasteiger partial charge in [0.2, 0.25) is 0 Å². The number of ether oxygens (including phenoxy) is 2. The Morgan fingerprint density at radius 1 is 1.21 bits per heavy atom. The molecule has 0 N–H and O–H groups in total. The predicted octanol–water partition coefficient (Wildman–Crippen LogP) is 5.75. The molecule has 1 aliphatic rings. The lowest BCUT2D eigenvalue weighted by atomic mass is 9.97. The van der Waals surface area contributed by atoms with Gasteiger partial charge in [-0.1, -0.05) is 18.2 Å². The Bertz CT molecular complexity index is 1150. The number of methoxy groups -OCH3 is 1. The second-order valence-electron chi connectivity index (χ2n) is 7.68. The van der Waals surface area contributed by atoms with Crippen molar-refractivity contribution in [1.82, 2.24) is 4.57 Å². The van der Waals surface area contributed by atoms with Crippen molar-refractivity contribution in [1.29, 1.82) is 0 Å². The molecule has 4 rings (SSSR count). The van der Waals surface area contributed by atoms with Crippen LogP contribution in [0.5, 0.6) is 11.5 Å². The van der Waals surface area contributed by atoms with Gasteiger partial charge < -0.3 is 14.0 Å². The van der Waals surface area contributed by atoms with Gasteiger partial charge in [-0.15, -0.1) is 0 Å². The summed E-state index contributed by atoms with van der Waals surface area (Å²) < 4.78 is 13.8. The fourth-order valence-electron chi connectivity index (χ4n) is 3.73. The van der Waals surface area contributed by atoms with E-state index in [0.717, 1.165) is 23.1 Å². The molecule has 29 heavy (non-hydrogen) atoms. The summed E-state index contributed by atoms with van der Waals surface area (Å²) >= 11 is 0. The zero-order valence-corrected chi connectivity index (χ0v) is 17.2. The number of aryl methyl sites for hydroxylation is 1. The number of aromatic nitrogens is 1. The van der Waals surface area contributed by atoms with Gasteiger partial charge in [0.15, 0.2) is 5.78 Å². The average molecular weight is 387 g/mol. The van der Waals surface area contributed by atoms with Crippen LogP contribution in [0, 0.1) is 0 Å². The van der Waals surface area contributed by atoms with Gasteiger partial charge >= 0.3 is 0 Å². The molecule has 3 aromatic rings. The van der Waals surface area contributed by atoms with Crippen LogP contribution in [0.25, 0.3) is 23.1 Å². The third-order valence-corrected chi connectivity index (χ3v) is 5.26. The van der Waals surface area contributed by atoms with Crippen LogP contribution < -0.4 is 9.47 Å². The summed E-state index contributed by atoms with van der Waals surface area (Å²) in [4.78, 5) is 13.1. The first kappa shape index (κ1) is 19.1. The first-order valence-corrected chi connectivity index (χ1v) is 9.83. The predicted molar refractivity (Wildman–Crippen MR) is 118 cm³/mol. The van der Waals surface area contributed by atoms with Gasteiger partial charge in [-0.3, -0.25) is 4.79 Å². The molecule has 1 aromatic heterocycles. The quantitative estimate of drug-likeness (QED) is 0.413. The zero-order valence-electron chi connectivity index (χ0n) is 17.2. The van der Waals surface area contributed by atoms with Gasteiger partial charge in [0.25, 0.3) is 0 Å². The van der Waals surface area contributed by atoms with Crippen LogP contribution in [-0.2, 0) is 6.54 Å². The smallest absolute Gasteiger partial charge is 0.189 e. The molecule has 2 aromatic carbocycles. The molecule has 4 heteroatoms. The molecule has 0 unspecified atom stereocenters. The maximum atomic E-state index is 13.1. The summed E-state index contributed by atoms with van der Waals surface area (Å²) in [6, 6.07) is 11.8. The normalized spacial score (nSPS) is 14.8. The Labute approximate surface area is 171 Å².